The van der Waals surface area contributed by atoms with Gasteiger partial charge in [0.2, 0.25) is 0 Å². The molecule has 0 radical (unpaired) electrons. The van der Waals surface area contributed by atoms with Gasteiger partial charge in [0, 0.05) is 5.92 Å². The van der Waals surface area contributed by atoms with Crippen molar-refractivity contribution in [2.45, 2.75) is 25.4 Å². The molecule has 4 rings (SSSR count). The Morgan fingerprint density at radius 1 is 1.09 bits per heavy atom. The molecule has 9 nitrogen and oxygen atoms in total. The third kappa shape index (κ3) is 4.18. The molecule has 0 bridgehead atoms. The van der Waals surface area contributed by atoms with Crippen molar-refractivity contribution in [1.82, 2.24) is 15.8 Å². The first kappa shape index (κ1) is 21.1. The normalized spacial score (nSPS) is 13.0. The van der Waals surface area contributed by atoms with E-state index < -0.39 is 24.0 Å². The number of rotatable bonds is 7. The zero-order chi connectivity index (χ0) is 22.7. The number of aromatic nitrogens is 1. The van der Waals surface area contributed by atoms with Crippen LogP contribution < -0.4 is 10.6 Å². The zero-order valence-corrected chi connectivity index (χ0v) is 17.2. The molecule has 0 aliphatic heterocycles. The van der Waals surface area contributed by atoms with Gasteiger partial charge in [0.1, 0.15) is 30.2 Å². The van der Waals surface area contributed by atoms with Gasteiger partial charge < -0.3 is 25.0 Å². The van der Waals surface area contributed by atoms with Crippen LogP contribution in [0.1, 0.15) is 40.0 Å². The van der Waals surface area contributed by atoms with Crippen molar-refractivity contribution in [3.05, 3.63) is 77.2 Å². The number of amides is 2. The highest BCUT2D eigenvalue weighted by molar-refractivity contribution is 5.97. The Labute approximate surface area is 183 Å². The van der Waals surface area contributed by atoms with Crippen molar-refractivity contribution in [3.8, 4) is 11.1 Å². The van der Waals surface area contributed by atoms with Crippen LogP contribution in [-0.4, -0.2) is 40.9 Å². The summed E-state index contributed by atoms with van der Waals surface area (Å²) < 4.78 is 10.3. The average Bonchev–Trinajstić information content (AvgIpc) is 3.39. The summed E-state index contributed by atoms with van der Waals surface area (Å²) in [7, 11) is 0. The van der Waals surface area contributed by atoms with Crippen molar-refractivity contribution in [2.75, 3.05) is 6.61 Å². The Morgan fingerprint density at radius 2 is 1.72 bits per heavy atom. The number of nitrogens with one attached hydrogen (secondary N) is 2. The van der Waals surface area contributed by atoms with E-state index in [0.717, 1.165) is 28.5 Å². The molecule has 0 fully saturated rings. The number of fused-ring (bicyclic) bond motifs is 3. The minimum absolute atomic E-state index is 0.0389. The molecule has 164 valence electrons. The van der Waals surface area contributed by atoms with Gasteiger partial charge in [-0.1, -0.05) is 53.7 Å². The average molecular weight is 435 g/mol. The minimum Gasteiger partial charge on any atom is -0.480 e. The number of hydrogen-bond donors (Lipinski definition) is 3. The van der Waals surface area contributed by atoms with E-state index in [2.05, 4.69) is 27.9 Å². The first-order valence-corrected chi connectivity index (χ1v) is 10.0. The van der Waals surface area contributed by atoms with Gasteiger partial charge in [0.25, 0.3) is 5.91 Å². The summed E-state index contributed by atoms with van der Waals surface area (Å²) in [6.07, 6.45) is 0.429. The van der Waals surface area contributed by atoms with Crippen LogP contribution in [-0.2, 0) is 16.1 Å². The van der Waals surface area contributed by atoms with E-state index in [4.69, 9.17) is 14.4 Å². The number of carboxylic acids is 1. The van der Waals surface area contributed by atoms with E-state index in [-0.39, 0.29) is 30.3 Å². The molecule has 1 aliphatic rings. The van der Waals surface area contributed by atoms with Gasteiger partial charge in [-0.3, -0.25) is 9.59 Å². The Hall–Kier alpha value is -4.14. The van der Waals surface area contributed by atoms with Crippen LogP contribution in [0.4, 0.5) is 4.79 Å². The minimum atomic E-state index is -1.17. The molecule has 2 amide bonds. The Kier molecular flexibility index (Phi) is 5.89. The summed E-state index contributed by atoms with van der Waals surface area (Å²) in [5, 5.41) is 17.5. The fourth-order valence-electron chi connectivity index (χ4n) is 3.71. The molecule has 1 atom stereocenters. The molecule has 3 N–H and O–H groups in total. The van der Waals surface area contributed by atoms with Gasteiger partial charge >= 0.3 is 12.1 Å². The molecule has 0 spiro atoms. The van der Waals surface area contributed by atoms with Crippen molar-refractivity contribution in [3.63, 3.8) is 0 Å². The van der Waals surface area contributed by atoms with E-state index in [1.54, 1.807) is 0 Å². The molecular formula is C23H21N3O6. The van der Waals surface area contributed by atoms with Crippen LogP contribution in [0.15, 0.2) is 59.3 Å². The number of carboxylic acid groups (broad SMARTS) is 1. The van der Waals surface area contributed by atoms with Crippen LogP contribution in [0.2, 0.25) is 0 Å². The van der Waals surface area contributed by atoms with Gasteiger partial charge in [-0.05, 0) is 29.2 Å². The summed E-state index contributed by atoms with van der Waals surface area (Å²) in [5.41, 5.74) is 4.66. The summed E-state index contributed by atoms with van der Waals surface area (Å²) in [6, 6.07) is 15.0. The number of hydrogen-bond acceptors (Lipinski definition) is 6. The quantitative estimate of drug-likeness (QED) is 0.520. The lowest BCUT2D eigenvalue weighted by Gasteiger charge is -2.14. The molecule has 1 aliphatic carbocycles. The highest BCUT2D eigenvalue weighted by Crippen LogP contribution is 2.44. The largest absolute Gasteiger partial charge is 0.480 e. The Morgan fingerprint density at radius 3 is 2.34 bits per heavy atom. The van der Waals surface area contributed by atoms with Gasteiger partial charge in [-0.15, -0.1) is 0 Å². The molecule has 0 saturated carbocycles. The first-order chi connectivity index (χ1) is 15.5. The standard InChI is InChI=1S/C23H21N3O6/c1-13(22(28)29)25-21(27)19-12-32-26-20(19)10-24-23(30)31-11-18-16-8-4-2-6-14(16)15-7-3-5-9-17(15)18/h2-9,12-13,18H,10-11H2,1H3,(H,24,30)(H,25,27)(H,28,29)/t13-/m0/s1. The van der Waals surface area contributed by atoms with E-state index in [1.165, 1.54) is 6.92 Å². The topological polar surface area (TPSA) is 131 Å². The Bertz CT molecular complexity index is 1130. The number of ether oxygens (including phenoxy) is 1. The van der Waals surface area contributed by atoms with Crippen molar-refractivity contribution >= 4 is 18.0 Å². The number of carbonyl (C=O) groups is 3. The molecule has 1 aromatic heterocycles. The van der Waals surface area contributed by atoms with Crippen molar-refractivity contribution < 1.29 is 28.8 Å². The predicted octanol–water partition coefficient (Wildman–Crippen LogP) is 2.92. The maximum Gasteiger partial charge on any atom is 0.407 e. The fourth-order valence-corrected chi connectivity index (χ4v) is 3.71. The second-order valence-electron chi connectivity index (χ2n) is 7.39. The summed E-state index contributed by atoms with van der Waals surface area (Å²) >= 11 is 0. The number of nitrogens with zero attached hydrogens (tertiary/aromatic N) is 1. The van der Waals surface area contributed by atoms with E-state index >= 15 is 0 Å². The highest BCUT2D eigenvalue weighted by atomic mass is 16.5. The molecular weight excluding hydrogens is 414 g/mol. The fraction of sp³-hybridized carbons (Fsp3) is 0.217. The second-order valence-corrected chi connectivity index (χ2v) is 7.39. The van der Waals surface area contributed by atoms with Crippen LogP contribution in [0.3, 0.4) is 0 Å². The molecule has 1 heterocycles. The van der Waals surface area contributed by atoms with E-state index in [9.17, 15) is 14.4 Å². The van der Waals surface area contributed by atoms with Crippen LogP contribution in [0.5, 0.6) is 0 Å². The summed E-state index contributed by atoms with van der Waals surface area (Å²) in [4.78, 5) is 35.4. The monoisotopic (exact) mass is 435 g/mol. The number of benzene rings is 2. The number of alkyl carbamates (subject to hydrolysis) is 1. The van der Waals surface area contributed by atoms with Gasteiger partial charge in [0.05, 0.1) is 6.54 Å². The lowest BCUT2D eigenvalue weighted by atomic mass is 9.98. The van der Waals surface area contributed by atoms with Crippen LogP contribution in [0.25, 0.3) is 11.1 Å². The predicted molar refractivity (Wildman–Crippen MR) is 113 cm³/mol. The van der Waals surface area contributed by atoms with Crippen molar-refractivity contribution in [1.29, 1.82) is 0 Å². The lowest BCUT2D eigenvalue weighted by molar-refractivity contribution is -0.138. The molecule has 0 unspecified atom stereocenters. The molecule has 0 saturated heterocycles. The lowest BCUT2D eigenvalue weighted by Crippen LogP contribution is -2.38. The second kappa shape index (κ2) is 8.93. The van der Waals surface area contributed by atoms with E-state index in [0.29, 0.717) is 0 Å². The van der Waals surface area contributed by atoms with Crippen LogP contribution in [0, 0.1) is 0 Å². The molecule has 9 heteroatoms. The third-order valence-electron chi connectivity index (χ3n) is 5.35. The molecule has 3 aromatic rings. The van der Waals surface area contributed by atoms with Crippen LogP contribution >= 0.6 is 0 Å². The number of carbonyl (C=O) groups excluding carboxylic acids is 2. The maximum atomic E-state index is 12.3. The van der Waals surface area contributed by atoms with E-state index in [1.807, 2.05) is 36.4 Å². The van der Waals surface area contributed by atoms with Gasteiger partial charge in [-0.25, -0.2) is 4.79 Å². The smallest absolute Gasteiger partial charge is 0.407 e. The SMILES string of the molecule is C[C@H](NC(=O)c1conc1CNC(=O)OCC1c2ccccc2-c2ccccc21)C(=O)O. The summed E-state index contributed by atoms with van der Waals surface area (Å²) in [6.45, 7) is 1.38. The third-order valence-corrected chi connectivity index (χ3v) is 5.35. The summed E-state index contributed by atoms with van der Waals surface area (Å²) in [5.74, 6) is -1.90. The van der Waals surface area contributed by atoms with Crippen molar-refractivity contribution in [2.24, 2.45) is 0 Å². The zero-order valence-electron chi connectivity index (χ0n) is 17.2. The van der Waals surface area contributed by atoms with Gasteiger partial charge in [0.15, 0.2) is 0 Å². The first-order valence-electron chi connectivity index (χ1n) is 10.0. The highest BCUT2D eigenvalue weighted by Gasteiger charge is 2.29. The maximum absolute atomic E-state index is 12.3. The molecule has 32 heavy (non-hydrogen) atoms. The Balaban J connectivity index is 1.36. The number of aliphatic carboxylic acids is 1. The molecule has 2 aromatic carbocycles. The van der Waals surface area contributed by atoms with Gasteiger partial charge in [-0.2, -0.15) is 0 Å².